The number of H-pyrrole nitrogens is 2. The van der Waals surface area contributed by atoms with Crippen molar-refractivity contribution in [2.45, 2.75) is 90.4 Å². The number of carbonyl (C=O) groups excluding carboxylic acids is 4. The van der Waals surface area contributed by atoms with Crippen molar-refractivity contribution in [1.82, 2.24) is 40.4 Å². The molecule has 0 bridgehead atoms. The summed E-state index contributed by atoms with van der Waals surface area (Å²) in [6, 6.07) is 13.0. The highest BCUT2D eigenvalue weighted by molar-refractivity contribution is 5.87. The van der Waals surface area contributed by atoms with Crippen LogP contribution in [0.1, 0.15) is 99.5 Å². The van der Waals surface area contributed by atoms with Gasteiger partial charge in [-0.05, 0) is 72.8 Å². The molecule has 4 unspecified atom stereocenters. The SMILES string of the molecule is COC(=O)NC(C(=O)N1CCCC1c1ncc(Cc2ccc(Cc3ccc4nc(C5CCCN5C(=O)C(NC(=O)OC)C(C)C)[nH]c4c3)cc2)[nH]1)C(C)C. The Bertz CT molecular complexity index is 1950. The summed E-state index contributed by atoms with van der Waals surface area (Å²) in [5, 5.41) is 5.40. The number of imidazole rings is 2. The van der Waals surface area contributed by atoms with Crippen molar-refractivity contribution in [1.29, 1.82) is 0 Å². The van der Waals surface area contributed by atoms with Gasteiger partial charge in [0.15, 0.2) is 0 Å². The number of fused-ring (bicyclic) bond motifs is 1. The van der Waals surface area contributed by atoms with Crippen LogP contribution < -0.4 is 10.6 Å². The number of amides is 4. The molecule has 4 heterocycles. The van der Waals surface area contributed by atoms with Crippen LogP contribution in [-0.2, 0) is 31.9 Å². The average molecular weight is 741 g/mol. The molecular weight excluding hydrogens is 688 g/mol. The van der Waals surface area contributed by atoms with Crippen molar-refractivity contribution in [3.8, 4) is 0 Å². The third kappa shape index (κ3) is 8.53. The Morgan fingerprint density at radius 2 is 1.26 bits per heavy atom. The minimum atomic E-state index is -0.681. The molecule has 14 heteroatoms. The van der Waals surface area contributed by atoms with Gasteiger partial charge in [-0.15, -0.1) is 0 Å². The average Bonchev–Trinajstić information content (AvgIpc) is 3.99. The second kappa shape index (κ2) is 16.7. The molecule has 0 aliphatic carbocycles. The second-order valence-electron chi connectivity index (χ2n) is 15.0. The zero-order chi connectivity index (χ0) is 38.5. The van der Waals surface area contributed by atoms with Crippen molar-refractivity contribution in [3.05, 3.63) is 82.7 Å². The summed E-state index contributed by atoms with van der Waals surface area (Å²) in [5.41, 5.74) is 6.19. The van der Waals surface area contributed by atoms with Gasteiger partial charge in [0.2, 0.25) is 11.8 Å². The number of hydrogen-bond acceptors (Lipinski definition) is 8. The number of hydrogen-bond donors (Lipinski definition) is 4. The Labute approximate surface area is 315 Å². The number of aromatic amines is 2. The van der Waals surface area contributed by atoms with E-state index in [4.69, 9.17) is 14.5 Å². The lowest BCUT2D eigenvalue weighted by Gasteiger charge is -2.30. The van der Waals surface area contributed by atoms with E-state index in [1.165, 1.54) is 19.8 Å². The fourth-order valence-corrected chi connectivity index (χ4v) is 7.60. The van der Waals surface area contributed by atoms with Crippen LogP contribution in [0.25, 0.3) is 11.0 Å². The number of alkyl carbamates (subject to hydrolysis) is 2. The third-order valence-corrected chi connectivity index (χ3v) is 10.5. The van der Waals surface area contributed by atoms with E-state index in [-0.39, 0.29) is 35.7 Å². The molecule has 6 rings (SSSR count). The van der Waals surface area contributed by atoms with E-state index in [9.17, 15) is 19.2 Å². The molecule has 4 N–H and O–H groups in total. The first-order valence-corrected chi connectivity index (χ1v) is 18.9. The maximum Gasteiger partial charge on any atom is 0.407 e. The van der Waals surface area contributed by atoms with Crippen LogP contribution in [0.15, 0.2) is 48.7 Å². The lowest BCUT2D eigenvalue weighted by Crippen LogP contribution is -2.51. The minimum absolute atomic E-state index is 0.0938. The largest absolute Gasteiger partial charge is 0.453 e. The number of rotatable bonds is 12. The maximum absolute atomic E-state index is 13.6. The fraction of sp³-hybridized carbons (Fsp3) is 0.500. The zero-order valence-electron chi connectivity index (χ0n) is 32.0. The molecule has 4 amide bonds. The highest BCUT2D eigenvalue weighted by Gasteiger charge is 2.39. The predicted molar refractivity (Wildman–Crippen MR) is 202 cm³/mol. The summed E-state index contributed by atoms with van der Waals surface area (Å²) in [5.74, 6) is 1.06. The quantitative estimate of drug-likeness (QED) is 0.146. The van der Waals surface area contributed by atoms with E-state index < -0.39 is 24.3 Å². The minimum Gasteiger partial charge on any atom is -0.453 e. The van der Waals surface area contributed by atoms with Gasteiger partial charge in [0.1, 0.15) is 23.7 Å². The maximum atomic E-state index is 13.6. The van der Waals surface area contributed by atoms with Crippen LogP contribution in [-0.4, -0.2) is 93.1 Å². The van der Waals surface area contributed by atoms with Gasteiger partial charge in [-0.25, -0.2) is 19.6 Å². The molecule has 288 valence electrons. The lowest BCUT2D eigenvalue weighted by atomic mass is 10.0. The third-order valence-electron chi connectivity index (χ3n) is 10.5. The summed E-state index contributed by atoms with van der Waals surface area (Å²) < 4.78 is 9.51. The van der Waals surface area contributed by atoms with Gasteiger partial charge < -0.3 is 39.9 Å². The molecule has 0 radical (unpaired) electrons. The summed E-state index contributed by atoms with van der Waals surface area (Å²) in [6.07, 6.45) is 5.34. The van der Waals surface area contributed by atoms with Crippen LogP contribution in [0.2, 0.25) is 0 Å². The molecule has 2 aromatic heterocycles. The summed E-state index contributed by atoms with van der Waals surface area (Å²) >= 11 is 0. The number of benzene rings is 2. The van der Waals surface area contributed by atoms with Crippen LogP contribution in [0, 0.1) is 11.8 Å². The number of aromatic nitrogens is 4. The Balaban J connectivity index is 1.08. The van der Waals surface area contributed by atoms with Crippen molar-refractivity contribution in [2.24, 2.45) is 11.8 Å². The van der Waals surface area contributed by atoms with E-state index in [2.05, 4.69) is 62.0 Å². The molecule has 54 heavy (non-hydrogen) atoms. The summed E-state index contributed by atoms with van der Waals surface area (Å²) in [4.78, 5) is 71.0. The van der Waals surface area contributed by atoms with Gasteiger partial charge in [-0.2, -0.15) is 0 Å². The highest BCUT2D eigenvalue weighted by Crippen LogP contribution is 2.34. The number of likely N-dealkylation sites (tertiary alicyclic amines) is 2. The van der Waals surface area contributed by atoms with Gasteiger partial charge in [0.05, 0.1) is 37.3 Å². The van der Waals surface area contributed by atoms with Gasteiger partial charge in [-0.1, -0.05) is 58.0 Å². The zero-order valence-corrected chi connectivity index (χ0v) is 32.0. The van der Waals surface area contributed by atoms with Gasteiger partial charge in [-0.3, -0.25) is 9.59 Å². The Morgan fingerprint density at radius 3 is 1.80 bits per heavy atom. The molecule has 2 aliphatic rings. The summed E-state index contributed by atoms with van der Waals surface area (Å²) in [6.45, 7) is 8.83. The van der Waals surface area contributed by atoms with Crippen LogP contribution in [0.4, 0.5) is 9.59 Å². The lowest BCUT2D eigenvalue weighted by molar-refractivity contribution is -0.136. The van der Waals surface area contributed by atoms with Crippen LogP contribution >= 0.6 is 0 Å². The Hall–Kier alpha value is -5.40. The van der Waals surface area contributed by atoms with Crippen LogP contribution in [0.3, 0.4) is 0 Å². The molecule has 0 spiro atoms. The van der Waals surface area contributed by atoms with Crippen molar-refractivity contribution in [3.63, 3.8) is 0 Å². The molecule has 2 fully saturated rings. The molecule has 14 nitrogen and oxygen atoms in total. The van der Waals surface area contributed by atoms with Gasteiger partial charge >= 0.3 is 12.2 Å². The fourth-order valence-electron chi connectivity index (χ4n) is 7.60. The molecule has 4 aromatic rings. The standard InChI is InChI=1S/C40H52N8O6/c1-23(2)33(45-39(51)53-5)37(49)47-17-7-9-31(47)35-41-22-28(42-35)20-26-13-11-25(12-14-26)19-27-15-16-29-30(21-27)44-36(43-29)32-10-8-18-48(32)38(50)34(24(3)4)46-40(52)54-6/h11-16,21-24,31-34H,7-10,17-20H2,1-6H3,(H,41,42)(H,43,44)(H,45,51)(H,46,52). The molecular formula is C40H52N8O6. The highest BCUT2D eigenvalue weighted by atomic mass is 16.5. The van der Waals surface area contributed by atoms with Gasteiger partial charge in [0.25, 0.3) is 0 Å². The predicted octanol–water partition coefficient (Wildman–Crippen LogP) is 5.56. The van der Waals surface area contributed by atoms with Crippen molar-refractivity contribution < 1.29 is 28.7 Å². The van der Waals surface area contributed by atoms with Crippen molar-refractivity contribution >= 4 is 35.0 Å². The number of nitrogens with one attached hydrogen (secondary N) is 4. The smallest absolute Gasteiger partial charge is 0.407 e. The monoisotopic (exact) mass is 740 g/mol. The van der Waals surface area contributed by atoms with Crippen LogP contribution in [0.5, 0.6) is 0 Å². The topological polar surface area (TPSA) is 175 Å². The molecule has 4 atom stereocenters. The molecule has 2 saturated heterocycles. The number of nitrogens with zero attached hydrogens (tertiary/aromatic N) is 4. The number of ether oxygens (including phenoxy) is 2. The molecule has 0 saturated carbocycles. The first kappa shape index (κ1) is 38.3. The van der Waals surface area contributed by atoms with Gasteiger partial charge in [0, 0.05) is 31.4 Å². The number of carbonyl (C=O) groups is 4. The second-order valence-corrected chi connectivity index (χ2v) is 15.0. The number of methoxy groups -OCH3 is 2. The van der Waals surface area contributed by atoms with E-state index in [0.29, 0.717) is 19.5 Å². The van der Waals surface area contributed by atoms with E-state index in [1.807, 2.05) is 49.8 Å². The Kier molecular flexibility index (Phi) is 11.9. The van der Waals surface area contributed by atoms with Crippen molar-refractivity contribution in [2.75, 3.05) is 27.3 Å². The summed E-state index contributed by atoms with van der Waals surface area (Å²) in [7, 11) is 2.59. The Morgan fingerprint density at radius 1 is 0.741 bits per heavy atom. The van der Waals surface area contributed by atoms with E-state index in [1.54, 1.807) is 0 Å². The first-order valence-electron chi connectivity index (χ1n) is 18.9. The van der Waals surface area contributed by atoms with E-state index >= 15 is 0 Å². The van der Waals surface area contributed by atoms with E-state index in [0.717, 1.165) is 71.6 Å². The molecule has 2 aromatic carbocycles. The molecule has 2 aliphatic heterocycles. The first-order chi connectivity index (χ1) is 25.9. The normalized spacial score (nSPS) is 18.3.